The van der Waals surface area contributed by atoms with Crippen molar-refractivity contribution in [3.05, 3.63) is 10.6 Å². The van der Waals surface area contributed by atoms with E-state index in [1.54, 1.807) is 7.11 Å². The lowest BCUT2D eigenvalue weighted by Crippen LogP contribution is -2.18. The molecule has 1 rings (SSSR count). The molecule has 0 fully saturated rings. The van der Waals surface area contributed by atoms with E-state index in [-0.39, 0.29) is 0 Å². The highest BCUT2D eigenvalue weighted by molar-refractivity contribution is 7.05. The van der Waals surface area contributed by atoms with Crippen molar-refractivity contribution >= 4 is 11.5 Å². The van der Waals surface area contributed by atoms with Crippen LogP contribution in [0.3, 0.4) is 0 Å². The van der Waals surface area contributed by atoms with E-state index in [9.17, 15) is 0 Å². The van der Waals surface area contributed by atoms with Gasteiger partial charge in [-0.2, -0.15) is 0 Å². The van der Waals surface area contributed by atoms with Crippen LogP contribution in [-0.4, -0.2) is 29.8 Å². The first-order chi connectivity index (χ1) is 6.88. The van der Waals surface area contributed by atoms with Crippen molar-refractivity contribution in [1.29, 1.82) is 0 Å². The first-order valence-electron chi connectivity index (χ1n) is 4.88. The number of methoxy groups -OCH3 is 1. The molecule has 0 saturated heterocycles. The maximum atomic E-state index is 4.95. The molecule has 0 radical (unpaired) electrons. The van der Waals surface area contributed by atoms with Gasteiger partial charge in [0.2, 0.25) is 0 Å². The second-order valence-electron chi connectivity index (χ2n) is 3.06. The normalized spacial score (nSPS) is 10.7. The molecule has 14 heavy (non-hydrogen) atoms. The van der Waals surface area contributed by atoms with Crippen LogP contribution < -0.4 is 5.32 Å². The monoisotopic (exact) mass is 215 g/mol. The van der Waals surface area contributed by atoms with Crippen molar-refractivity contribution < 1.29 is 4.74 Å². The SMILES string of the molecule is CCCc1nnsc1CNCCOC. The van der Waals surface area contributed by atoms with Gasteiger partial charge in [-0.05, 0) is 18.0 Å². The predicted molar refractivity (Wildman–Crippen MR) is 57.5 cm³/mol. The molecule has 5 heteroatoms. The van der Waals surface area contributed by atoms with Crippen molar-refractivity contribution in [2.24, 2.45) is 0 Å². The van der Waals surface area contributed by atoms with Crippen LogP contribution in [0.2, 0.25) is 0 Å². The molecule has 0 saturated carbocycles. The Kier molecular flexibility index (Phi) is 5.66. The number of nitrogens with zero attached hydrogens (tertiary/aromatic N) is 2. The molecule has 1 N–H and O–H groups in total. The first kappa shape index (κ1) is 11.6. The second kappa shape index (κ2) is 6.86. The Bertz CT molecular complexity index is 252. The minimum absolute atomic E-state index is 0.745. The molecule has 0 atom stereocenters. The third kappa shape index (κ3) is 3.69. The molecule has 80 valence electrons. The number of aromatic nitrogens is 2. The molecule has 1 aromatic rings. The number of aryl methyl sites for hydroxylation is 1. The molecule has 4 nitrogen and oxygen atoms in total. The van der Waals surface area contributed by atoms with Gasteiger partial charge in [0.1, 0.15) is 0 Å². The summed E-state index contributed by atoms with van der Waals surface area (Å²) >= 11 is 1.48. The Morgan fingerprint density at radius 1 is 1.50 bits per heavy atom. The van der Waals surface area contributed by atoms with Gasteiger partial charge in [-0.15, -0.1) is 5.10 Å². The van der Waals surface area contributed by atoms with Crippen molar-refractivity contribution in [2.45, 2.75) is 26.3 Å². The smallest absolute Gasteiger partial charge is 0.0800 e. The zero-order valence-corrected chi connectivity index (χ0v) is 9.56. The van der Waals surface area contributed by atoms with Gasteiger partial charge in [-0.25, -0.2) is 0 Å². The lowest BCUT2D eigenvalue weighted by Gasteiger charge is -2.02. The summed E-state index contributed by atoms with van der Waals surface area (Å²) in [5.74, 6) is 0. The third-order valence-corrected chi connectivity index (χ3v) is 2.65. The van der Waals surface area contributed by atoms with E-state index in [2.05, 4.69) is 21.8 Å². The van der Waals surface area contributed by atoms with Gasteiger partial charge in [0, 0.05) is 20.2 Å². The molecule has 0 bridgehead atoms. The van der Waals surface area contributed by atoms with Gasteiger partial charge in [0.15, 0.2) is 0 Å². The van der Waals surface area contributed by atoms with Gasteiger partial charge in [-0.1, -0.05) is 17.8 Å². The summed E-state index contributed by atoms with van der Waals surface area (Å²) in [5, 5.41) is 7.40. The average Bonchev–Trinajstić information content (AvgIpc) is 2.61. The van der Waals surface area contributed by atoms with Crippen LogP contribution in [0.15, 0.2) is 0 Å². The topological polar surface area (TPSA) is 47.0 Å². The van der Waals surface area contributed by atoms with E-state index in [1.165, 1.54) is 16.4 Å². The van der Waals surface area contributed by atoms with Crippen molar-refractivity contribution in [3.8, 4) is 0 Å². The van der Waals surface area contributed by atoms with Crippen LogP contribution >= 0.6 is 11.5 Å². The molecule has 0 spiro atoms. The van der Waals surface area contributed by atoms with Crippen LogP contribution in [0, 0.1) is 0 Å². The summed E-state index contributed by atoms with van der Waals surface area (Å²) in [4.78, 5) is 1.25. The Balaban J connectivity index is 2.30. The Morgan fingerprint density at radius 2 is 2.36 bits per heavy atom. The summed E-state index contributed by atoms with van der Waals surface area (Å²) in [6.45, 7) is 4.63. The van der Waals surface area contributed by atoms with E-state index in [0.717, 1.165) is 38.2 Å². The van der Waals surface area contributed by atoms with Gasteiger partial charge in [0.25, 0.3) is 0 Å². The fourth-order valence-electron chi connectivity index (χ4n) is 1.16. The standard InChI is InChI=1S/C9H17N3OS/c1-3-4-8-9(14-12-11-8)7-10-5-6-13-2/h10H,3-7H2,1-2H3. The molecule has 0 aliphatic rings. The van der Waals surface area contributed by atoms with Gasteiger partial charge < -0.3 is 10.1 Å². The first-order valence-corrected chi connectivity index (χ1v) is 5.65. The summed E-state index contributed by atoms with van der Waals surface area (Å²) in [6, 6.07) is 0. The molecule has 0 aliphatic heterocycles. The molecule has 0 amide bonds. The lowest BCUT2D eigenvalue weighted by molar-refractivity contribution is 0.199. The van der Waals surface area contributed by atoms with Crippen LogP contribution in [0.25, 0.3) is 0 Å². The number of hydrogen-bond acceptors (Lipinski definition) is 5. The Morgan fingerprint density at radius 3 is 3.07 bits per heavy atom. The highest BCUT2D eigenvalue weighted by Gasteiger charge is 2.05. The third-order valence-electron chi connectivity index (χ3n) is 1.89. The minimum Gasteiger partial charge on any atom is -0.383 e. The zero-order chi connectivity index (χ0) is 10.2. The maximum absolute atomic E-state index is 4.95. The summed E-state index contributed by atoms with van der Waals surface area (Å²) in [6.07, 6.45) is 2.15. The molecular weight excluding hydrogens is 198 g/mol. The predicted octanol–water partition coefficient (Wildman–Crippen LogP) is 1.23. The fourth-order valence-corrected chi connectivity index (χ4v) is 1.82. The molecule has 0 aliphatic carbocycles. The summed E-state index contributed by atoms with van der Waals surface area (Å²) < 4.78 is 8.91. The van der Waals surface area contributed by atoms with Crippen LogP contribution in [0.5, 0.6) is 0 Å². The number of rotatable bonds is 7. The van der Waals surface area contributed by atoms with Gasteiger partial charge in [0.05, 0.1) is 17.2 Å². The van der Waals surface area contributed by atoms with Crippen molar-refractivity contribution in [1.82, 2.24) is 14.9 Å². The zero-order valence-electron chi connectivity index (χ0n) is 8.75. The van der Waals surface area contributed by atoms with Crippen LogP contribution in [-0.2, 0) is 17.7 Å². The van der Waals surface area contributed by atoms with E-state index < -0.39 is 0 Å². The van der Waals surface area contributed by atoms with E-state index in [4.69, 9.17) is 4.74 Å². The van der Waals surface area contributed by atoms with E-state index >= 15 is 0 Å². The Hall–Kier alpha value is -0.520. The number of hydrogen-bond donors (Lipinski definition) is 1. The molecular formula is C9H17N3OS. The average molecular weight is 215 g/mol. The fraction of sp³-hybridized carbons (Fsp3) is 0.778. The Labute approximate surface area is 88.8 Å². The number of nitrogens with one attached hydrogen (secondary N) is 1. The number of ether oxygens (including phenoxy) is 1. The maximum Gasteiger partial charge on any atom is 0.0800 e. The molecule has 0 aromatic carbocycles. The van der Waals surface area contributed by atoms with Crippen LogP contribution in [0.4, 0.5) is 0 Å². The minimum atomic E-state index is 0.745. The van der Waals surface area contributed by atoms with Crippen molar-refractivity contribution in [2.75, 3.05) is 20.3 Å². The molecule has 1 aromatic heterocycles. The largest absolute Gasteiger partial charge is 0.383 e. The van der Waals surface area contributed by atoms with Crippen molar-refractivity contribution in [3.63, 3.8) is 0 Å². The summed E-state index contributed by atoms with van der Waals surface area (Å²) in [5.41, 5.74) is 1.14. The van der Waals surface area contributed by atoms with E-state index in [1.807, 2.05) is 0 Å². The summed E-state index contributed by atoms with van der Waals surface area (Å²) in [7, 11) is 1.71. The second-order valence-corrected chi connectivity index (χ2v) is 3.90. The molecule has 1 heterocycles. The van der Waals surface area contributed by atoms with Gasteiger partial charge in [-0.3, -0.25) is 0 Å². The lowest BCUT2D eigenvalue weighted by atomic mass is 10.2. The highest BCUT2D eigenvalue weighted by Crippen LogP contribution is 2.11. The quantitative estimate of drug-likeness (QED) is 0.695. The van der Waals surface area contributed by atoms with Crippen LogP contribution in [0.1, 0.15) is 23.9 Å². The van der Waals surface area contributed by atoms with Gasteiger partial charge >= 0.3 is 0 Å². The highest BCUT2D eigenvalue weighted by atomic mass is 32.1. The molecule has 0 unspecified atom stereocenters. The van der Waals surface area contributed by atoms with E-state index in [0.29, 0.717) is 0 Å².